The van der Waals surface area contributed by atoms with Crippen molar-refractivity contribution in [3.8, 4) is 0 Å². The maximum absolute atomic E-state index is 3.15. The number of benzene rings is 1. The first-order valence-electron chi connectivity index (χ1n) is 4.05. The van der Waals surface area contributed by atoms with E-state index in [1.165, 1.54) is 16.8 Å². The molecule has 0 radical (unpaired) electrons. The Morgan fingerprint density at radius 2 is 2.09 bits per heavy atom. The number of nitrogens with one attached hydrogen (secondary N) is 1. The maximum atomic E-state index is 3.15. The molecule has 0 saturated carbocycles. The summed E-state index contributed by atoms with van der Waals surface area (Å²) in [5, 5.41) is 3.15. The molecule has 0 aliphatic heterocycles. The average molecular weight is 149 g/mol. The number of hydrogen-bond donors (Lipinski definition) is 1. The van der Waals surface area contributed by atoms with E-state index in [2.05, 4.69) is 37.4 Å². The number of anilines is 1. The molecule has 0 aliphatic carbocycles. The van der Waals surface area contributed by atoms with E-state index >= 15 is 0 Å². The summed E-state index contributed by atoms with van der Waals surface area (Å²) in [6, 6.07) is 6.53. The third-order valence-electron chi connectivity index (χ3n) is 1.97. The van der Waals surface area contributed by atoms with Gasteiger partial charge in [0, 0.05) is 12.7 Å². The van der Waals surface area contributed by atoms with Crippen LogP contribution in [0, 0.1) is 6.92 Å². The Bertz CT molecular complexity index is 241. The third-order valence-corrected chi connectivity index (χ3v) is 1.97. The molecule has 1 heteroatoms. The van der Waals surface area contributed by atoms with E-state index in [1.807, 2.05) is 7.05 Å². The van der Waals surface area contributed by atoms with Gasteiger partial charge in [0.05, 0.1) is 0 Å². The van der Waals surface area contributed by atoms with Crippen molar-refractivity contribution in [1.29, 1.82) is 0 Å². The van der Waals surface area contributed by atoms with E-state index in [9.17, 15) is 0 Å². The van der Waals surface area contributed by atoms with Crippen molar-refractivity contribution in [1.82, 2.24) is 0 Å². The second-order valence-corrected chi connectivity index (χ2v) is 2.75. The van der Waals surface area contributed by atoms with Crippen LogP contribution in [0.5, 0.6) is 0 Å². The van der Waals surface area contributed by atoms with Crippen LogP contribution in [-0.4, -0.2) is 7.05 Å². The Kier molecular flexibility index (Phi) is 2.53. The van der Waals surface area contributed by atoms with Crippen LogP contribution in [0.3, 0.4) is 0 Å². The molecule has 0 saturated heterocycles. The molecule has 0 aliphatic rings. The molecule has 0 spiro atoms. The zero-order valence-corrected chi connectivity index (χ0v) is 7.44. The van der Waals surface area contributed by atoms with Gasteiger partial charge in [-0.3, -0.25) is 0 Å². The second-order valence-electron chi connectivity index (χ2n) is 2.75. The summed E-state index contributed by atoms with van der Waals surface area (Å²) in [6.07, 6.45) is 1.12. The zero-order valence-electron chi connectivity index (χ0n) is 7.44. The van der Waals surface area contributed by atoms with Crippen LogP contribution in [0.25, 0.3) is 0 Å². The largest absolute Gasteiger partial charge is 0.388 e. The first kappa shape index (κ1) is 8.12. The molecule has 0 bridgehead atoms. The zero-order chi connectivity index (χ0) is 8.27. The van der Waals surface area contributed by atoms with Gasteiger partial charge in [-0.2, -0.15) is 0 Å². The molecule has 11 heavy (non-hydrogen) atoms. The van der Waals surface area contributed by atoms with Gasteiger partial charge in [0.15, 0.2) is 0 Å². The quantitative estimate of drug-likeness (QED) is 0.681. The lowest BCUT2D eigenvalue weighted by Gasteiger charge is -2.05. The van der Waals surface area contributed by atoms with Crippen LogP contribution in [0.15, 0.2) is 18.2 Å². The summed E-state index contributed by atoms with van der Waals surface area (Å²) in [6.45, 7) is 4.30. The summed E-state index contributed by atoms with van der Waals surface area (Å²) in [5.74, 6) is 0. The SMILES string of the molecule is CCc1ccc(NC)c(C)c1. The molecule has 0 amide bonds. The van der Waals surface area contributed by atoms with E-state index in [4.69, 9.17) is 0 Å². The number of hydrogen-bond acceptors (Lipinski definition) is 1. The molecule has 0 aromatic heterocycles. The van der Waals surface area contributed by atoms with Crippen molar-refractivity contribution in [2.75, 3.05) is 12.4 Å². The molecule has 1 N–H and O–H groups in total. The highest BCUT2D eigenvalue weighted by atomic mass is 14.8. The predicted octanol–water partition coefficient (Wildman–Crippen LogP) is 2.60. The smallest absolute Gasteiger partial charge is 0.0367 e. The van der Waals surface area contributed by atoms with E-state index in [-0.39, 0.29) is 0 Å². The van der Waals surface area contributed by atoms with Crippen LogP contribution in [0.1, 0.15) is 18.1 Å². The van der Waals surface area contributed by atoms with Gasteiger partial charge in [-0.25, -0.2) is 0 Å². The van der Waals surface area contributed by atoms with Crippen molar-refractivity contribution in [3.63, 3.8) is 0 Å². The second kappa shape index (κ2) is 3.42. The minimum absolute atomic E-state index is 1.12. The molecule has 0 atom stereocenters. The van der Waals surface area contributed by atoms with E-state index in [0.29, 0.717) is 0 Å². The van der Waals surface area contributed by atoms with Crippen molar-refractivity contribution < 1.29 is 0 Å². The molecular weight excluding hydrogens is 134 g/mol. The molecule has 1 nitrogen and oxygen atoms in total. The van der Waals surface area contributed by atoms with Gasteiger partial charge in [0.1, 0.15) is 0 Å². The van der Waals surface area contributed by atoms with Crippen LogP contribution >= 0.6 is 0 Å². The topological polar surface area (TPSA) is 12.0 Å². The van der Waals surface area contributed by atoms with E-state index < -0.39 is 0 Å². The van der Waals surface area contributed by atoms with Gasteiger partial charge in [-0.1, -0.05) is 19.1 Å². The summed E-state index contributed by atoms with van der Waals surface area (Å²) < 4.78 is 0. The monoisotopic (exact) mass is 149 g/mol. The number of aryl methyl sites for hydroxylation is 2. The standard InChI is InChI=1S/C10H15N/c1-4-9-5-6-10(11-3)8(2)7-9/h5-7,11H,4H2,1-3H3. The van der Waals surface area contributed by atoms with Crippen LogP contribution < -0.4 is 5.32 Å². The lowest BCUT2D eigenvalue weighted by Crippen LogP contribution is -1.92. The average Bonchev–Trinajstić information content (AvgIpc) is 2.04. The van der Waals surface area contributed by atoms with Gasteiger partial charge in [0.25, 0.3) is 0 Å². The Balaban J connectivity index is 2.99. The molecular formula is C10H15N. The fourth-order valence-electron chi connectivity index (χ4n) is 1.23. The van der Waals surface area contributed by atoms with Crippen LogP contribution in [0.4, 0.5) is 5.69 Å². The molecule has 1 rings (SSSR count). The first-order chi connectivity index (χ1) is 5.27. The fourth-order valence-corrected chi connectivity index (χ4v) is 1.23. The predicted molar refractivity (Wildman–Crippen MR) is 50.1 cm³/mol. The minimum atomic E-state index is 1.12. The highest BCUT2D eigenvalue weighted by Gasteiger charge is 1.95. The highest BCUT2D eigenvalue weighted by Crippen LogP contribution is 2.15. The first-order valence-corrected chi connectivity index (χ1v) is 4.05. The Morgan fingerprint density at radius 1 is 1.36 bits per heavy atom. The summed E-state index contributed by atoms with van der Waals surface area (Å²) in [5.41, 5.74) is 3.95. The van der Waals surface area contributed by atoms with Gasteiger partial charge >= 0.3 is 0 Å². The fraction of sp³-hybridized carbons (Fsp3) is 0.400. The number of rotatable bonds is 2. The summed E-state index contributed by atoms with van der Waals surface area (Å²) >= 11 is 0. The van der Waals surface area contributed by atoms with Crippen molar-refractivity contribution in [2.24, 2.45) is 0 Å². The highest BCUT2D eigenvalue weighted by molar-refractivity contribution is 5.51. The normalized spacial score (nSPS) is 9.73. The van der Waals surface area contributed by atoms with Crippen molar-refractivity contribution >= 4 is 5.69 Å². The van der Waals surface area contributed by atoms with Gasteiger partial charge in [-0.15, -0.1) is 0 Å². The van der Waals surface area contributed by atoms with Gasteiger partial charge in [0.2, 0.25) is 0 Å². The Labute approximate surface area is 68.4 Å². The minimum Gasteiger partial charge on any atom is -0.388 e. The molecule has 1 aromatic rings. The molecule has 0 unspecified atom stereocenters. The molecule has 0 fully saturated rings. The van der Waals surface area contributed by atoms with E-state index in [0.717, 1.165) is 6.42 Å². The van der Waals surface area contributed by atoms with Crippen molar-refractivity contribution in [2.45, 2.75) is 20.3 Å². The van der Waals surface area contributed by atoms with Gasteiger partial charge < -0.3 is 5.32 Å². The summed E-state index contributed by atoms with van der Waals surface area (Å²) in [7, 11) is 1.95. The Hall–Kier alpha value is -0.980. The molecule has 60 valence electrons. The van der Waals surface area contributed by atoms with Crippen LogP contribution in [-0.2, 0) is 6.42 Å². The maximum Gasteiger partial charge on any atom is 0.0367 e. The van der Waals surface area contributed by atoms with Crippen LogP contribution in [0.2, 0.25) is 0 Å². The van der Waals surface area contributed by atoms with Gasteiger partial charge in [-0.05, 0) is 30.5 Å². The summed E-state index contributed by atoms with van der Waals surface area (Å²) in [4.78, 5) is 0. The van der Waals surface area contributed by atoms with Crippen molar-refractivity contribution in [3.05, 3.63) is 29.3 Å². The lowest BCUT2D eigenvalue weighted by molar-refractivity contribution is 1.13. The molecule has 1 aromatic carbocycles. The third kappa shape index (κ3) is 1.73. The molecule has 0 heterocycles. The Morgan fingerprint density at radius 3 is 2.55 bits per heavy atom. The van der Waals surface area contributed by atoms with E-state index in [1.54, 1.807) is 0 Å². The lowest BCUT2D eigenvalue weighted by atomic mass is 10.1.